The van der Waals surface area contributed by atoms with Gasteiger partial charge in [-0.05, 0) is 57.4 Å². The van der Waals surface area contributed by atoms with Gasteiger partial charge in [0, 0.05) is 12.1 Å². The van der Waals surface area contributed by atoms with Gasteiger partial charge in [0.15, 0.2) is 4.77 Å². The van der Waals surface area contributed by atoms with Gasteiger partial charge in [-0.2, -0.15) is 0 Å². The highest BCUT2D eigenvalue weighted by Gasteiger charge is 2.36. The Hall–Kier alpha value is -1.20. The fourth-order valence-corrected chi connectivity index (χ4v) is 3.64. The van der Waals surface area contributed by atoms with E-state index < -0.39 is 0 Å². The van der Waals surface area contributed by atoms with Crippen LogP contribution in [-0.4, -0.2) is 34.1 Å². The second kappa shape index (κ2) is 4.97. The van der Waals surface area contributed by atoms with Gasteiger partial charge in [-0.25, -0.2) is 4.39 Å². The number of imidazole rings is 1. The van der Waals surface area contributed by atoms with Gasteiger partial charge in [0.25, 0.3) is 0 Å². The van der Waals surface area contributed by atoms with Gasteiger partial charge < -0.3 is 14.5 Å². The minimum atomic E-state index is -0.232. The molecule has 5 heteroatoms. The quantitative estimate of drug-likeness (QED) is 0.872. The molecule has 1 aromatic heterocycles. The standard InChI is InChI=1S/C15H20FN3S/c1-18(2)15(7-3-4-8-15)10-19-13-6-5-11(16)9-12(13)17-14(19)20/h5-6,9H,3-4,7-8,10H2,1-2H3,(H,17,20). The summed E-state index contributed by atoms with van der Waals surface area (Å²) in [6, 6.07) is 4.83. The summed E-state index contributed by atoms with van der Waals surface area (Å²) in [7, 11) is 4.28. The van der Waals surface area contributed by atoms with E-state index in [2.05, 4.69) is 28.5 Å². The molecule has 0 spiro atoms. The normalized spacial score (nSPS) is 18.2. The summed E-state index contributed by atoms with van der Waals surface area (Å²) in [5.41, 5.74) is 1.94. The van der Waals surface area contributed by atoms with Crippen molar-refractivity contribution in [2.24, 2.45) is 0 Å². The van der Waals surface area contributed by atoms with E-state index in [4.69, 9.17) is 12.2 Å². The summed E-state index contributed by atoms with van der Waals surface area (Å²) in [4.78, 5) is 5.44. The average Bonchev–Trinajstić information content (AvgIpc) is 2.96. The van der Waals surface area contributed by atoms with E-state index in [9.17, 15) is 4.39 Å². The fraction of sp³-hybridized carbons (Fsp3) is 0.533. The summed E-state index contributed by atoms with van der Waals surface area (Å²) < 4.78 is 16.1. The number of nitrogens with one attached hydrogen (secondary N) is 1. The van der Waals surface area contributed by atoms with Gasteiger partial charge in [0.05, 0.1) is 11.0 Å². The first kappa shape index (κ1) is 13.8. The number of benzene rings is 1. The molecule has 1 saturated carbocycles. The smallest absolute Gasteiger partial charge is 0.178 e. The number of hydrogen-bond donors (Lipinski definition) is 1. The summed E-state index contributed by atoms with van der Waals surface area (Å²) in [6.07, 6.45) is 4.91. The summed E-state index contributed by atoms with van der Waals surface area (Å²) in [5.74, 6) is -0.232. The van der Waals surface area contributed by atoms with Gasteiger partial charge in [0.2, 0.25) is 0 Å². The Morgan fingerprint density at radius 3 is 2.70 bits per heavy atom. The van der Waals surface area contributed by atoms with Gasteiger partial charge in [-0.15, -0.1) is 0 Å². The van der Waals surface area contributed by atoms with Crippen LogP contribution in [0, 0.1) is 10.6 Å². The molecule has 0 unspecified atom stereocenters. The highest BCUT2D eigenvalue weighted by atomic mass is 32.1. The lowest BCUT2D eigenvalue weighted by Gasteiger charge is -2.36. The van der Waals surface area contributed by atoms with Crippen LogP contribution in [0.4, 0.5) is 4.39 Å². The summed E-state index contributed by atoms with van der Waals surface area (Å²) >= 11 is 5.43. The fourth-order valence-electron chi connectivity index (χ4n) is 3.37. The molecule has 1 fully saturated rings. The van der Waals surface area contributed by atoms with Crippen LogP contribution in [0.2, 0.25) is 0 Å². The largest absolute Gasteiger partial charge is 0.330 e. The summed E-state index contributed by atoms with van der Waals surface area (Å²) in [5, 5.41) is 0. The van der Waals surface area contributed by atoms with Crippen molar-refractivity contribution in [2.75, 3.05) is 14.1 Å². The molecule has 0 radical (unpaired) electrons. The number of rotatable bonds is 3. The van der Waals surface area contributed by atoms with Crippen LogP contribution in [0.5, 0.6) is 0 Å². The molecule has 108 valence electrons. The summed E-state index contributed by atoms with van der Waals surface area (Å²) in [6.45, 7) is 0.866. The van der Waals surface area contributed by atoms with Crippen molar-refractivity contribution in [1.29, 1.82) is 0 Å². The van der Waals surface area contributed by atoms with Crippen LogP contribution >= 0.6 is 12.2 Å². The lowest BCUT2D eigenvalue weighted by Crippen LogP contribution is -2.45. The first-order valence-corrected chi connectivity index (χ1v) is 7.48. The maximum absolute atomic E-state index is 13.3. The molecule has 0 saturated heterocycles. The van der Waals surface area contributed by atoms with E-state index in [0.717, 1.165) is 17.6 Å². The molecule has 0 aliphatic heterocycles. The Morgan fingerprint density at radius 2 is 2.05 bits per heavy atom. The topological polar surface area (TPSA) is 24.0 Å². The zero-order valence-corrected chi connectivity index (χ0v) is 12.8. The van der Waals surface area contributed by atoms with Crippen molar-refractivity contribution in [3.05, 3.63) is 28.8 Å². The molecule has 20 heavy (non-hydrogen) atoms. The monoisotopic (exact) mass is 293 g/mol. The number of likely N-dealkylation sites (N-methyl/N-ethyl adjacent to an activating group) is 1. The third kappa shape index (κ3) is 2.19. The first-order chi connectivity index (χ1) is 9.52. The molecular formula is C15H20FN3S. The number of nitrogens with zero attached hydrogens (tertiary/aromatic N) is 2. The minimum absolute atomic E-state index is 0.168. The average molecular weight is 293 g/mol. The van der Waals surface area contributed by atoms with Gasteiger partial charge in [0.1, 0.15) is 5.82 Å². The lowest BCUT2D eigenvalue weighted by molar-refractivity contribution is 0.135. The Labute approximate surface area is 123 Å². The molecule has 0 atom stereocenters. The van der Waals surface area contributed by atoms with E-state index in [1.165, 1.54) is 37.8 Å². The van der Waals surface area contributed by atoms with Crippen molar-refractivity contribution in [1.82, 2.24) is 14.5 Å². The Balaban J connectivity index is 2.06. The minimum Gasteiger partial charge on any atom is -0.330 e. The highest BCUT2D eigenvalue weighted by molar-refractivity contribution is 7.71. The SMILES string of the molecule is CN(C)C1(Cn2c(=S)[nH]c3cc(F)ccc32)CCCC1. The van der Waals surface area contributed by atoms with Crippen molar-refractivity contribution in [3.63, 3.8) is 0 Å². The first-order valence-electron chi connectivity index (χ1n) is 7.07. The van der Waals surface area contributed by atoms with Crippen molar-refractivity contribution in [3.8, 4) is 0 Å². The second-order valence-corrected chi connectivity index (χ2v) is 6.39. The third-order valence-corrected chi connectivity index (χ3v) is 4.99. The molecule has 1 N–H and O–H groups in total. The zero-order chi connectivity index (χ0) is 14.3. The van der Waals surface area contributed by atoms with Crippen LogP contribution < -0.4 is 0 Å². The van der Waals surface area contributed by atoms with Gasteiger partial charge in [-0.3, -0.25) is 0 Å². The molecule has 1 aliphatic rings. The van der Waals surface area contributed by atoms with Crippen LogP contribution in [0.25, 0.3) is 11.0 Å². The molecule has 2 aromatic rings. The predicted octanol–water partition coefficient (Wildman–Crippen LogP) is 3.71. The van der Waals surface area contributed by atoms with E-state index in [-0.39, 0.29) is 11.4 Å². The molecule has 1 heterocycles. The van der Waals surface area contributed by atoms with Crippen molar-refractivity contribution in [2.45, 2.75) is 37.8 Å². The molecule has 1 aliphatic carbocycles. The van der Waals surface area contributed by atoms with E-state index in [1.807, 2.05) is 6.07 Å². The molecule has 0 amide bonds. The van der Waals surface area contributed by atoms with Crippen LogP contribution in [0.1, 0.15) is 25.7 Å². The Morgan fingerprint density at radius 1 is 1.35 bits per heavy atom. The zero-order valence-electron chi connectivity index (χ0n) is 11.9. The number of H-pyrrole nitrogens is 1. The van der Waals surface area contributed by atoms with Gasteiger partial charge in [-0.1, -0.05) is 12.8 Å². The van der Waals surface area contributed by atoms with Crippen LogP contribution in [0.3, 0.4) is 0 Å². The maximum Gasteiger partial charge on any atom is 0.178 e. The maximum atomic E-state index is 13.3. The van der Waals surface area contributed by atoms with Crippen LogP contribution in [0.15, 0.2) is 18.2 Å². The molecule has 3 rings (SSSR count). The Bertz CT molecular complexity index is 680. The Kier molecular flexibility index (Phi) is 3.42. The number of fused-ring (bicyclic) bond motifs is 1. The molecule has 3 nitrogen and oxygen atoms in total. The third-order valence-electron chi connectivity index (χ3n) is 4.67. The van der Waals surface area contributed by atoms with Crippen LogP contribution in [-0.2, 0) is 6.54 Å². The molecule has 1 aromatic carbocycles. The number of aromatic amines is 1. The van der Waals surface area contributed by atoms with E-state index in [1.54, 1.807) is 0 Å². The van der Waals surface area contributed by atoms with E-state index in [0.29, 0.717) is 4.77 Å². The van der Waals surface area contributed by atoms with Gasteiger partial charge >= 0.3 is 0 Å². The number of aromatic nitrogens is 2. The second-order valence-electron chi connectivity index (χ2n) is 6.00. The van der Waals surface area contributed by atoms with Crippen molar-refractivity contribution >= 4 is 23.3 Å². The van der Waals surface area contributed by atoms with Crippen molar-refractivity contribution < 1.29 is 4.39 Å². The lowest BCUT2D eigenvalue weighted by atomic mass is 9.96. The number of halogens is 1. The molecular weight excluding hydrogens is 273 g/mol. The van der Waals surface area contributed by atoms with E-state index >= 15 is 0 Å². The number of hydrogen-bond acceptors (Lipinski definition) is 2. The predicted molar refractivity (Wildman–Crippen MR) is 82.0 cm³/mol. The highest BCUT2D eigenvalue weighted by Crippen LogP contribution is 2.36. The molecule has 0 bridgehead atoms.